The molecular weight excluding hydrogens is 340 g/mol. The van der Waals surface area contributed by atoms with Crippen molar-refractivity contribution in [3.63, 3.8) is 0 Å². The van der Waals surface area contributed by atoms with Gasteiger partial charge in [0.1, 0.15) is 18.2 Å². The highest BCUT2D eigenvalue weighted by Crippen LogP contribution is 2.26. The number of likely N-dealkylation sites (tertiary alicyclic amines) is 1. The van der Waals surface area contributed by atoms with E-state index >= 15 is 0 Å². The van der Waals surface area contributed by atoms with Gasteiger partial charge in [-0.2, -0.15) is 5.10 Å². The fourth-order valence-electron chi connectivity index (χ4n) is 3.95. The maximum Gasteiger partial charge on any atom is 0.154 e. The van der Waals surface area contributed by atoms with Gasteiger partial charge in [-0.1, -0.05) is 6.92 Å². The summed E-state index contributed by atoms with van der Waals surface area (Å²) >= 11 is 0. The van der Waals surface area contributed by atoms with Crippen LogP contribution in [0.2, 0.25) is 0 Å². The fourth-order valence-corrected chi connectivity index (χ4v) is 3.95. The van der Waals surface area contributed by atoms with Crippen molar-refractivity contribution < 1.29 is 0 Å². The van der Waals surface area contributed by atoms with Crippen LogP contribution in [0.1, 0.15) is 49.6 Å². The normalized spacial score (nSPS) is 18.2. The average Bonchev–Trinajstić information content (AvgIpc) is 3.40. The van der Waals surface area contributed by atoms with Crippen molar-refractivity contribution in [1.82, 2.24) is 39.0 Å². The maximum atomic E-state index is 4.57. The highest BCUT2D eigenvalue weighted by Gasteiger charge is 2.26. The second kappa shape index (κ2) is 8.04. The second-order valence-corrected chi connectivity index (χ2v) is 7.35. The van der Waals surface area contributed by atoms with Crippen LogP contribution in [0.3, 0.4) is 0 Å². The van der Waals surface area contributed by atoms with Crippen molar-refractivity contribution in [2.24, 2.45) is 7.05 Å². The van der Waals surface area contributed by atoms with Crippen molar-refractivity contribution >= 4 is 0 Å². The molecular formula is C19H28N8. The molecule has 8 heteroatoms. The topological polar surface area (TPSA) is 69.6 Å². The number of aryl methyl sites for hydroxylation is 1. The molecule has 0 aromatic carbocycles. The molecule has 0 N–H and O–H groups in total. The Labute approximate surface area is 159 Å². The summed E-state index contributed by atoms with van der Waals surface area (Å²) in [5.74, 6) is 3.61. The smallest absolute Gasteiger partial charge is 0.154 e. The summed E-state index contributed by atoms with van der Waals surface area (Å²) in [5.41, 5.74) is 0. The van der Waals surface area contributed by atoms with E-state index in [2.05, 4.69) is 54.5 Å². The molecule has 27 heavy (non-hydrogen) atoms. The summed E-state index contributed by atoms with van der Waals surface area (Å²) in [6.07, 6.45) is 11.2. The predicted octanol–water partition coefficient (Wildman–Crippen LogP) is 2.05. The standard InChI is InChI=1S/C19H28N8/c1-3-9-26-12-8-20-17(26)14-25-10-4-6-16(13-25)19-23-22-18(24(19)2)15-27-11-5-7-21-27/h5,7-8,11-12,16H,3-4,6,9-10,13-15H2,1-2H3/t16-/m1/s1. The predicted molar refractivity (Wildman–Crippen MR) is 102 cm³/mol. The number of imidazole rings is 1. The van der Waals surface area contributed by atoms with Crippen LogP contribution < -0.4 is 0 Å². The van der Waals surface area contributed by atoms with E-state index in [1.54, 1.807) is 6.20 Å². The minimum Gasteiger partial charge on any atom is -0.334 e. The SMILES string of the molecule is CCCn1ccnc1CN1CCC[C@@H](c2nnc(Cn3cccn3)n2C)C1. The number of rotatable bonds is 7. The van der Waals surface area contributed by atoms with Gasteiger partial charge < -0.3 is 9.13 Å². The van der Waals surface area contributed by atoms with Crippen LogP contribution in [0, 0.1) is 0 Å². The van der Waals surface area contributed by atoms with Crippen molar-refractivity contribution in [2.75, 3.05) is 13.1 Å². The molecule has 4 heterocycles. The molecule has 8 nitrogen and oxygen atoms in total. The first kappa shape index (κ1) is 17.9. The Morgan fingerprint density at radius 2 is 2.04 bits per heavy atom. The van der Waals surface area contributed by atoms with Crippen LogP contribution in [0.5, 0.6) is 0 Å². The van der Waals surface area contributed by atoms with Gasteiger partial charge >= 0.3 is 0 Å². The second-order valence-electron chi connectivity index (χ2n) is 7.35. The summed E-state index contributed by atoms with van der Waals surface area (Å²) in [6, 6.07) is 1.93. The van der Waals surface area contributed by atoms with Crippen LogP contribution in [0.4, 0.5) is 0 Å². The Morgan fingerprint density at radius 3 is 2.85 bits per heavy atom. The van der Waals surface area contributed by atoms with Crippen LogP contribution in [-0.4, -0.2) is 52.1 Å². The van der Waals surface area contributed by atoms with E-state index in [1.807, 2.05) is 23.1 Å². The maximum absolute atomic E-state index is 4.57. The monoisotopic (exact) mass is 368 g/mol. The number of hydrogen-bond donors (Lipinski definition) is 0. The third kappa shape index (κ3) is 3.95. The average molecular weight is 368 g/mol. The Kier molecular flexibility index (Phi) is 5.33. The quantitative estimate of drug-likeness (QED) is 0.638. The van der Waals surface area contributed by atoms with Gasteiger partial charge in [0.15, 0.2) is 5.82 Å². The van der Waals surface area contributed by atoms with Gasteiger partial charge in [-0.15, -0.1) is 10.2 Å². The van der Waals surface area contributed by atoms with E-state index in [9.17, 15) is 0 Å². The molecule has 0 bridgehead atoms. The van der Waals surface area contributed by atoms with Gasteiger partial charge in [0, 0.05) is 50.8 Å². The molecule has 0 aliphatic carbocycles. The van der Waals surface area contributed by atoms with Crippen LogP contribution >= 0.6 is 0 Å². The minimum absolute atomic E-state index is 0.414. The van der Waals surface area contributed by atoms with E-state index in [0.717, 1.165) is 56.5 Å². The lowest BCUT2D eigenvalue weighted by Gasteiger charge is -2.32. The molecule has 1 saturated heterocycles. The molecule has 1 atom stereocenters. The number of aromatic nitrogens is 7. The number of nitrogens with zero attached hydrogens (tertiary/aromatic N) is 8. The van der Waals surface area contributed by atoms with Gasteiger partial charge in [-0.25, -0.2) is 4.98 Å². The van der Waals surface area contributed by atoms with E-state index in [0.29, 0.717) is 12.5 Å². The first-order valence-electron chi connectivity index (χ1n) is 9.82. The highest BCUT2D eigenvalue weighted by molar-refractivity contribution is 5.05. The molecule has 4 rings (SSSR count). The Hall–Kier alpha value is -2.48. The van der Waals surface area contributed by atoms with Crippen molar-refractivity contribution in [3.05, 3.63) is 48.3 Å². The van der Waals surface area contributed by atoms with Crippen LogP contribution in [-0.2, 0) is 26.7 Å². The van der Waals surface area contributed by atoms with Gasteiger partial charge in [0.2, 0.25) is 0 Å². The molecule has 3 aromatic heterocycles. The first-order valence-corrected chi connectivity index (χ1v) is 9.82. The summed E-state index contributed by atoms with van der Waals surface area (Å²) in [7, 11) is 2.07. The van der Waals surface area contributed by atoms with Gasteiger partial charge in [-0.05, 0) is 31.9 Å². The third-order valence-corrected chi connectivity index (χ3v) is 5.36. The van der Waals surface area contributed by atoms with E-state index < -0.39 is 0 Å². The Balaban J connectivity index is 1.44. The van der Waals surface area contributed by atoms with Crippen molar-refractivity contribution in [2.45, 2.75) is 51.7 Å². The van der Waals surface area contributed by atoms with E-state index in [4.69, 9.17) is 0 Å². The van der Waals surface area contributed by atoms with Gasteiger partial charge in [-0.3, -0.25) is 9.58 Å². The summed E-state index contributed by atoms with van der Waals surface area (Å²) in [4.78, 5) is 7.07. The largest absolute Gasteiger partial charge is 0.334 e. The summed E-state index contributed by atoms with van der Waals surface area (Å²) in [5, 5.41) is 13.2. The molecule has 1 aliphatic rings. The zero-order valence-corrected chi connectivity index (χ0v) is 16.2. The molecule has 0 amide bonds. The zero-order chi connectivity index (χ0) is 18.6. The molecule has 0 spiro atoms. The molecule has 0 unspecified atom stereocenters. The molecule has 1 fully saturated rings. The fraction of sp³-hybridized carbons (Fsp3) is 0.579. The van der Waals surface area contributed by atoms with Gasteiger partial charge in [0.25, 0.3) is 0 Å². The molecule has 0 saturated carbocycles. The Bertz CT molecular complexity index is 847. The zero-order valence-electron chi connectivity index (χ0n) is 16.2. The lowest BCUT2D eigenvalue weighted by Crippen LogP contribution is -2.35. The molecule has 1 aliphatic heterocycles. The number of hydrogen-bond acceptors (Lipinski definition) is 5. The van der Waals surface area contributed by atoms with E-state index in [1.165, 1.54) is 6.42 Å². The summed E-state index contributed by atoms with van der Waals surface area (Å²) < 4.78 is 6.30. The Morgan fingerprint density at radius 1 is 1.11 bits per heavy atom. The van der Waals surface area contributed by atoms with Crippen LogP contribution in [0.15, 0.2) is 30.9 Å². The molecule has 0 radical (unpaired) electrons. The highest BCUT2D eigenvalue weighted by atomic mass is 15.3. The lowest BCUT2D eigenvalue weighted by molar-refractivity contribution is 0.188. The minimum atomic E-state index is 0.414. The van der Waals surface area contributed by atoms with Crippen molar-refractivity contribution in [1.29, 1.82) is 0 Å². The third-order valence-electron chi connectivity index (χ3n) is 5.36. The molecule has 144 valence electrons. The van der Waals surface area contributed by atoms with Gasteiger partial charge in [0.05, 0.1) is 6.54 Å². The van der Waals surface area contributed by atoms with Crippen molar-refractivity contribution in [3.8, 4) is 0 Å². The van der Waals surface area contributed by atoms with E-state index in [-0.39, 0.29) is 0 Å². The lowest BCUT2D eigenvalue weighted by atomic mass is 9.97. The number of piperidine rings is 1. The molecule has 3 aromatic rings. The first-order chi connectivity index (χ1) is 13.2. The van der Waals surface area contributed by atoms with Crippen LogP contribution in [0.25, 0.3) is 0 Å². The summed E-state index contributed by atoms with van der Waals surface area (Å²) in [6.45, 7) is 6.92.